The third-order valence-corrected chi connectivity index (χ3v) is 3.97. The molecule has 0 spiro atoms. The predicted octanol–water partition coefficient (Wildman–Crippen LogP) is 3.82. The summed E-state index contributed by atoms with van der Waals surface area (Å²) in [5.74, 6) is 0.549. The minimum Gasteiger partial charge on any atom is -0.192 e. The molecule has 0 atom stereocenters. The van der Waals surface area contributed by atoms with Gasteiger partial charge in [-0.15, -0.1) is 22.9 Å². The normalized spacial score (nSPS) is 10.4. The summed E-state index contributed by atoms with van der Waals surface area (Å²) in [6.07, 6.45) is 0. The Morgan fingerprint density at radius 2 is 2.29 bits per heavy atom. The number of fused-ring (bicyclic) bond motifs is 1. The van der Waals surface area contributed by atoms with E-state index in [0.29, 0.717) is 11.4 Å². The molecule has 0 saturated carbocycles. The quantitative estimate of drug-likeness (QED) is 0.672. The van der Waals surface area contributed by atoms with Crippen molar-refractivity contribution < 1.29 is 0 Å². The minimum absolute atomic E-state index is 0.549. The molecule has 0 bridgehead atoms. The lowest BCUT2D eigenvalue weighted by Gasteiger charge is -1.92. The van der Waals surface area contributed by atoms with Crippen LogP contribution < -0.4 is 0 Å². The van der Waals surface area contributed by atoms with E-state index < -0.39 is 0 Å². The van der Waals surface area contributed by atoms with Crippen LogP contribution in [-0.4, -0.2) is 0 Å². The van der Waals surface area contributed by atoms with Crippen LogP contribution in [0.2, 0.25) is 0 Å². The lowest BCUT2D eigenvalue weighted by atomic mass is 10.1. The molecule has 0 fully saturated rings. The third kappa shape index (κ3) is 1.39. The first kappa shape index (κ1) is 9.51. The molecule has 0 unspecified atom stereocenters. The number of nitriles is 1. The van der Waals surface area contributed by atoms with Gasteiger partial charge in [-0.25, -0.2) is 0 Å². The van der Waals surface area contributed by atoms with E-state index in [2.05, 4.69) is 13.0 Å². The number of rotatable bonds is 1. The van der Waals surface area contributed by atoms with Gasteiger partial charge in [0.15, 0.2) is 0 Å². The van der Waals surface area contributed by atoms with E-state index in [1.807, 2.05) is 18.2 Å². The highest BCUT2D eigenvalue weighted by atomic mass is 35.5. The van der Waals surface area contributed by atoms with Crippen molar-refractivity contribution in [2.75, 3.05) is 0 Å². The van der Waals surface area contributed by atoms with Gasteiger partial charge in [0.05, 0.1) is 17.5 Å². The number of aryl methyl sites for hydroxylation is 1. The largest absolute Gasteiger partial charge is 0.192 e. The van der Waals surface area contributed by atoms with Crippen LogP contribution in [0.15, 0.2) is 18.2 Å². The van der Waals surface area contributed by atoms with Gasteiger partial charge in [0.2, 0.25) is 0 Å². The lowest BCUT2D eigenvalue weighted by Crippen LogP contribution is -1.75. The summed E-state index contributed by atoms with van der Waals surface area (Å²) in [6, 6.07) is 7.90. The molecule has 2 rings (SSSR count). The molecule has 1 aromatic heterocycles. The fourth-order valence-corrected chi connectivity index (χ4v) is 2.94. The molecule has 2 aromatic rings. The average Bonchev–Trinajstić information content (AvgIpc) is 2.55. The average molecular weight is 222 g/mol. The number of alkyl halides is 1. The first-order valence-electron chi connectivity index (χ1n) is 4.24. The molecular formula is C11H8ClNS. The fourth-order valence-electron chi connectivity index (χ4n) is 1.47. The Bertz CT molecular complexity index is 522. The maximum absolute atomic E-state index is 8.76. The van der Waals surface area contributed by atoms with Gasteiger partial charge in [0.25, 0.3) is 0 Å². The standard InChI is InChI=1S/C11H8ClNS/c1-7-9-3-2-8(6-13)4-10(9)14-11(7)5-12/h2-4H,5H2,1H3. The van der Waals surface area contributed by atoms with Crippen molar-refractivity contribution in [3.63, 3.8) is 0 Å². The van der Waals surface area contributed by atoms with Crippen LogP contribution >= 0.6 is 22.9 Å². The molecule has 70 valence electrons. The van der Waals surface area contributed by atoms with Crippen LogP contribution in [0.3, 0.4) is 0 Å². The summed E-state index contributed by atoms with van der Waals surface area (Å²) in [5.41, 5.74) is 1.95. The second-order valence-corrected chi connectivity index (χ2v) is 4.51. The summed E-state index contributed by atoms with van der Waals surface area (Å²) in [7, 11) is 0. The first-order chi connectivity index (χ1) is 6.76. The zero-order valence-corrected chi connectivity index (χ0v) is 9.25. The Morgan fingerprint density at radius 1 is 1.50 bits per heavy atom. The van der Waals surface area contributed by atoms with Crippen LogP contribution in [-0.2, 0) is 5.88 Å². The number of benzene rings is 1. The summed E-state index contributed by atoms with van der Waals surface area (Å²) < 4.78 is 1.15. The van der Waals surface area contributed by atoms with Crippen molar-refractivity contribution in [3.05, 3.63) is 34.2 Å². The van der Waals surface area contributed by atoms with Crippen LogP contribution in [0.5, 0.6) is 0 Å². The molecule has 0 radical (unpaired) electrons. The topological polar surface area (TPSA) is 23.8 Å². The van der Waals surface area contributed by atoms with Crippen molar-refractivity contribution in [1.29, 1.82) is 5.26 Å². The molecule has 0 N–H and O–H groups in total. The van der Waals surface area contributed by atoms with Gasteiger partial charge in [-0.2, -0.15) is 5.26 Å². The van der Waals surface area contributed by atoms with Crippen LogP contribution in [0.4, 0.5) is 0 Å². The van der Waals surface area contributed by atoms with E-state index in [-0.39, 0.29) is 0 Å². The second kappa shape index (κ2) is 3.61. The number of halogens is 1. The zero-order valence-electron chi connectivity index (χ0n) is 7.67. The lowest BCUT2D eigenvalue weighted by molar-refractivity contribution is 1.42. The van der Waals surface area contributed by atoms with Gasteiger partial charge in [-0.1, -0.05) is 6.07 Å². The van der Waals surface area contributed by atoms with E-state index in [9.17, 15) is 0 Å². The van der Waals surface area contributed by atoms with Gasteiger partial charge in [0, 0.05) is 9.58 Å². The van der Waals surface area contributed by atoms with Crippen molar-refractivity contribution in [2.24, 2.45) is 0 Å². The highest BCUT2D eigenvalue weighted by Gasteiger charge is 2.07. The molecule has 0 aliphatic rings. The zero-order chi connectivity index (χ0) is 10.1. The molecule has 1 heterocycles. The van der Waals surface area contributed by atoms with Crippen molar-refractivity contribution in [1.82, 2.24) is 0 Å². The van der Waals surface area contributed by atoms with Gasteiger partial charge in [-0.05, 0) is 30.0 Å². The number of nitrogens with zero attached hydrogens (tertiary/aromatic N) is 1. The number of hydrogen-bond donors (Lipinski definition) is 0. The Balaban J connectivity index is 2.74. The smallest absolute Gasteiger partial charge is 0.0992 e. The Hall–Kier alpha value is -1.04. The van der Waals surface area contributed by atoms with Gasteiger partial charge in [0.1, 0.15) is 0 Å². The summed E-state index contributed by atoms with van der Waals surface area (Å²) in [5, 5.41) is 9.97. The van der Waals surface area contributed by atoms with Gasteiger partial charge in [-0.3, -0.25) is 0 Å². The van der Waals surface area contributed by atoms with E-state index in [4.69, 9.17) is 16.9 Å². The monoisotopic (exact) mass is 221 g/mol. The van der Waals surface area contributed by atoms with Gasteiger partial charge >= 0.3 is 0 Å². The second-order valence-electron chi connectivity index (χ2n) is 3.11. The highest BCUT2D eigenvalue weighted by Crippen LogP contribution is 2.32. The molecule has 14 heavy (non-hydrogen) atoms. The van der Waals surface area contributed by atoms with Crippen molar-refractivity contribution >= 4 is 33.0 Å². The Morgan fingerprint density at radius 3 is 2.93 bits per heavy atom. The van der Waals surface area contributed by atoms with E-state index in [1.54, 1.807) is 11.3 Å². The predicted molar refractivity (Wildman–Crippen MR) is 60.8 cm³/mol. The van der Waals surface area contributed by atoms with Crippen LogP contribution in [0, 0.1) is 18.3 Å². The minimum atomic E-state index is 0.549. The fraction of sp³-hybridized carbons (Fsp3) is 0.182. The molecular weight excluding hydrogens is 214 g/mol. The highest BCUT2D eigenvalue weighted by molar-refractivity contribution is 7.19. The number of hydrogen-bond acceptors (Lipinski definition) is 2. The van der Waals surface area contributed by atoms with E-state index in [1.165, 1.54) is 15.8 Å². The molecule has 0 amide bonds. The van der Waals surface area contributed by atoms with Crippen LogP contribution in [0.25, 0.3) is 10.1 Å². The third-order valence-electron chi connectivity index (χ3n) is 2.29. The van der Waals surface area contributed by atoms with Crippen molar-refractivity contribution in [2.45, 2.75) is 12.8 Å². The molecule has 0 aliphatic carbocycles. The van der Waals surface area contributed by atoms with E-state index >= 15 is 0 Å². The van der Waals surface area contributed by atoms with Gasteiger partial charge < -0.3 is 0 Å². The molecule has 0 saturated heterocycles. The Labute approximate surface area is 91.5 Å². The first-order valence-corrected chi connectivity index (χ1v) is 5.59. The summed E-state index contributed by atoms with van der Waals surface area (Å²) in [4.78, 5) is 1.19. The SMILES string of the molecule is Cc1c(CCl)sc2cc(C#N)ccc12. The Kier molecular flexibility index (Phi) is 2.45. The molecule has 3 heteroatoms. The maximum atomic E-state index is 8.76. The van der Waals surface area contributed by atoms with Crippen molar-refractivity contribution in [3.8, 4) is 6.07 Å². The molecule has 1 aromatic carbocycles. The molecule has 0 aliphatic heterocycles. The van der Waals surface area contributed by atoms with E-state index in [0.717, 1.165) is 4.70 Å². The number of thiophene rings is 1. The summed E-state index contributed by atoms with van der Waals surface area (Å²) >= 11 is 7.49. The maximum Gasteiger partial charge on any atom is 0.0992 e. The molecule has 1 nitrogen and oxygen atoms in total. The summed E-state index contributed by atoms with van der Waals surface area (Å²) in [6.45, 7) is 2.07. The van der Waals surface area contributed by atoms with Crippen LogP contribution in [0.1, 0.15) is 16.0 Å².